The lowest BCUT2D eigenvalue weighted by Gasteiger charge is -2.09. The quantitative estimate of drug-likeness (QED) is 0.666. The van der Waals surface area contributed by atoms with Crippen LogP contribution >= 0.6 is 11.3 Å². The van der Waals surface area contributed by atoms with Crippen LogP contribution in [0.2, 0.25) is 0 Å². The van der Waals surface area contributed by atoms with E-state index in [0.717, 1.165) is 36.5 Å². The third kappa shape index (κ3) is 4.26. The second-order valence-corrected chi connectivity index (χ2v) is 7.43. The Kier molecular flexibility index (Phi) is 5.45. The van der Waals surface area contributed by atoms with Gasteiger partial charge in [-0.15, -0.1) is 11.3 Å². The molecule has 4 rings (SSSR count). The Labute approximate surface area is 165 Å². The maximum atomic E-state index is 12.5. The molecule has 0 spiro atoms. The highest BCUT2D eigenvalue weighted by Gasteiger charge is 2.18. The lowest BCUT2D eigenvalue weighted by Crippen LogP contribution is -2.31. The van der Waals surface area contributed by atoms with E-state index in [1.165, 1.54) is 6.33 Å². The molecule has 1 aromatic carbocycles. The zero-order valence-corrected chi connectivity index (χ0v) is 15.8. The van der Waals surface area contributed by atoms with E-state index in [1.54, 1.807) is 35.3 Å². The van der Waals surface area contributed by atoms with Gasteiger partial charge in [0.25, 0.3) is 11.8 Å². The highest BCUT2D eigenvalue weighted by atomic mass is 32.1. The van der Waals surface area contributed by atoms with E-state index in [4.69, 9.17) is 4.74 Å². The Morgan fingerprint density at radius 1 is 1.14 bits per heavy atom. The summed E-state index contributed by atoms with van der Waals surface area (Å²) in [5.74, 6) is -0.437. The minimum atomic E-state index is -0.253. The Morgan fingerprint density at radius 3 is 2.61 bits per heavy atom. The number of nitrogens with one attached hydrogen (secondary N) is 2. The van der Waals surface area contributed by atoms with Gasteiger partial charge >= 0.3 is 0 Å². The van der Waals surface area contributed by atoms with E-state index in [1.807, 2.05) is 12.1 Å². The van der Waals surface area contributed by atoms with Crippen molar-refractivity contribution < 1.29 is 14.3 Å². The second-order valence-electron chi connectivity index (χ2n) is 6.35. The number of carbonyl (C=O) groups is 2. The molecule has 3 aromatic rings. The molecule has 0 bridgehead atoms. The zero-order chi connectivity index (χ0) is 19.3. The number of aromatic nitrogens is 3. The lowest BCUT2D eigenvalue weighted by molar-refractivity contribution is 0.0861. The molecule has 2 amide bonds. The number of ether oxygens (including phenoxy) is 1. The highest BCUT2D eigenvalue weighted by Crippen LogP contribution is 2.19. The number of rotatable bonds is 6. The van der Waals surface area contributed by atoms with Crippen molar-refractivity contribution in [3.8, 4) is 5.69 Å². The molecule has 2 N–H and O–H groups in total. The Balaban J connectivity index is 1.34. The third-order valence-corrected chi connectivity index (χ3v) is 5.46. The van der Waals surface area contributed by atoms with Gasteiger partial charge in [-0.3, -0.25) is 9.59 Å². The largest absolute Gasteiger partial charge is 0.376 e. The van der Waals surface area contributed by atoms with Crippen LogP contribution in [0, 0.1) is 0 Å². The number of hydrogen-bond acceptors (Lipinski definition) is 6. The highest BCUT2D eigenvalue weighted by molar-refractivity contribution is 7.16. The molecule has 1 saturated heterocycles. The smallest absolute Gasteiger partial charge is 0.265 e. The number of anilines is 1. The van der Waals surface area contributed by atoms with E-state index >= 15 is 0 Å². The molecule has 0 unspecified atom stereocenters. The van der Waals surface area contributed by atoms with Crippen LogP contribution in [0.25, 0.3) is 5.69 Å². The van der Waals surface area contributed by atoms with E-state index in [2.05, 4.69) is 20.7 Å². The second kappa shape index (κ2) is 8.32. The maximum absolute atomic E-state index is 12.5. The van der Waals surface area contributed by atoms with Crippen LogP contribution in [0.1, 0.15) is 32.2 Å². The molecule has 9 heteroatoms. The van der Waals surface area contributed by atoms with Crippen molar-refractivity contribution >= 4 is 28.8 Å². The van der Waals surface area contributed by atoms with Gasteiger partial charge in [0.2, 0.25) is 0 Å². The zero-order valence-electron chi connectivity index (χ0n) is 15.0. The number of benzene rings is 1. The Hall–Kier alpha value is -3.04. The summed E-state index contributed by atoms with van der Waals surface area (Å²) < 4.78 is 7.13. The molecule has 0 aliphatic carbocycles. The van der Waals surface area contributed by atoms with Gasteiger partial charge in [0.1, 0.15) is 12.7 Å². The number of carbonyl (C=O) groups excluding carboxylic acids is 2. The molecule has 1 aliphatic rings. The first-order valence-corrected chi connectivity index (χ1v) is 9.77. The summed E-state index contributed by atoms with van der Waals surface area (Å²) in [6, 6.07) is 10.6. The van der Waals surface area contributed by atoms with Crippen molar-refractivity contribution in [1.29, 1.82) is 0 Å². The van der Waals surface area contributed by atoms with Crippen molar-refractivity contribution in [3.63, 3.8) is 0 Å². The van der Waals surface area contributed by atoms with Gasteiger partial charge in [0.15, 0.2) is 0 Å². The fraction of sp³-hybridized carbons (Fsp3) is 0.263. The molecule has 1 fully saturated rings. The van der Waals surface area contributed by atoms with Crippen LogP contribution in [0.15, 0.2) is 49.1 Å². The van der Waals surface area contributed by atoms with Crippen LogP contribution in [0.3, 0.4) is 0 Å². The van der Waals surface area contributed by atoms with Crippen LogP contribution < -0.4 is 10.6 Å². The number of amides is 2. The molecule has 0 saturated carbocycles. The van der Waals surface area contributed by atoms with Crippen LogP contribution in [-0.2, 0) is 4.74 Å². The van der Waals surface area contributed by atoms with Gasteiger partial charge in [-0.25, -0.2) is 9.67 Å². The molecule has 1 atom stereocenters. The van der Waals surface area contributed by atoms with Crippen molar-refractivity contribution in [1.82, 2.24) is 20.1 Å². The van der Waals surface area contributed by atoms with E-state index < -0.39 is 0 Å². The molecule has 144 valence electrons. The van der Waals surface area contributed by atoms with Crippen molar-refractivity contribution in [2.45, 2.75) is 18.9 Å². The summed E-state index contributed by atoms with van der Waals surface area (Å²) in [6.45, 7) is 1.25. The number of hydrogen-bond donors (Lipinski definition) is 2. The summed E-state index contributed by atoms with van der Waals surface area (Å²) in [4.78, 5) is 29.6. The number of nitrogens with zero attached hydrogens (tertiary/aromatic N) is 3. The molecule has 2 aromatic heterocycles. The predicted molar refractivity (Wildman–Crippen MR) is 105 cm³/mol. The Bertz CT molecular complexity index is 946. The summed E-state index contributed by atoms with van der Waals surface area (Å²) in [5, 5.41) is 9.76. The number of thiophene rings is 1. The predicted octanol–water partition coefficient (Wildman–Crippen LogP) is 2.49. The van der Waals surface area contributed by atoms with Gasteiger partial charge in [-0.2, -0.15) is 5.10 Å². The first-order chi connectivity index (χ1) is 13.7. The monoisotopic (exact) mass is 397 g/mol. The van der Waals surface area contributed by atoms with Gasteiger partial charge < -0.3 is 15.4 Å². The van der Waals surface area contributed by atoms with Crippen molar-refractivity contribution in [3.05, 3.63) is 58.8 Å². The van der Waals surface area contributed by atoms with Crippen molar-refractivity contribution in [2.75, 3.05) is 18.5 Å². The molecular formula is C19H19N5O3S. The average molecular weight is 397 g/mol. The molecular weight excluding hydrogens is 378 g/mol. The summed E-state index contributed by atoms with van der Waals surface area (Å²) in [5.41, 5.74) is 1.50. The maximum Gasteiger partial charge on any atom is 0.265 e. The fourth-order valence-electron chi connectivity index (χ4n) is 2.91. The van der Waals surface area contributed by atoms with Gasteiger partial charge in [-0.1, -0.05) is 0 Å². The summed E-state index contributed by atoms with van der Waals surface area (Å²) >= 11 is 1.16. The molecule has 3 heterocycles. The van der Waals surface area contributed by atoms with Crippen LogP contribution in [0.4, 0.5) is 5.69 Å². The molecule has 1 aliphatic heterocycles. The minimum Gasteiger partial charge on any atom is -0.376 e. The SMILES string of the molecule is O=C(NC[C@H]1CCCO1)c1ccc(C(=O)Nc2ccc(-n3cncn3)cc2)s1. The van der Waals surface area contributed by atoms with Crippen LogP contribution in [-0.4, -0.2) is 45.8 Å². The van der Waals surface area contributed by atoms with E-state index in [9.17, 15) is 9.59 Å². The first kappa shape index (κ1) is 18.3. The first-order valence-electron chi connectivity index (χ1n) is 8.95. The normalized spacial score (nSPS) is 16.1. The summed E-state index contributed by atoms with van der Waals surface area (Å²) in [6.07, 6.45) is 5.15. The van der Waals surface area contributed by atoms with Gasteiger partial charge in [0.05, 0.1) is 21.5 Å². The Morgan fingerprint density at radius 2 is 1.93 bits per heavy atom. The lowest BCUT2D eigenvalue weighted by atomic mass is 10.2. The van der Waals surface area contributed by atoms with E-state index in [0.29, 0.717) is 22.0 Å². The van der Waals surface area contributed by atoms with Gasteiger partial charge in [0, 0.05) is 18.8 Å². The fourth-order valence-corrected chi connectivity index (χ4v) is 3.73. The third-order valence-electron chi connectivity index (χ3n) is 4.38. The summed E-state index contributed by atoms with van der Waals surface area (Å²) in [7, 11) is 0. The minimum absolute atomic E-state index is 0.0900. The molecule has 0 radical (unpaired) electrons. The van der Waals surface area contributed by atoms with Gasteiger partial charge in [-0.05, 0) is 49.2 Å². The van der Waals surface area contributed by atoms with Crippen molar-refractivity contribution in [2.24, 2.45) is 0 Å². The standard InChI is InChI=1S/C19H19N5O3S/c25-18(21-10-15-2-1-9-27-15)16-7-8-17(28-16)19(26)23-13-3-5-14(6-4-13)24-12-20-11-22-24/h3-8,11-12,15H,1-2,9-10H2,(H,21,25)(H,23,26)/t15-/m1/s1. The average Bonchev–Trinajstić information content (AvgIpc) is 3.49. The van der Waals surface area contributed by atoms with Crippen LogP contribution in [0.5, 0.6) is 0 Å². The van der Waals surface area contributed by atoms with E-state index in [-0.39, 0.29) is 17.9 Å². The molecule has 28 heavy (non-hydrogen) atoms. The molecule has 8 nitrogen and oxygen atoms in total. The topological polar surface area (TPSA) is 98.1 Å².